The molecule has 0 bridgehead atoms. The lowest BCUT2D eigenvalue weighted by atomic mass is 10.2. The van der Waals surface area contributed by atoms with Gasteiger partial charge in [-0.05, 0) is 30.7 Å². The highest BCUT2D eigenvalue weighted by Crippen LogP contribution is 2.15. The first kappa shape index (κ1) is 15.9. The highest BCUT2D eigenvalue weighted by atomic mass is 19.1. The van der Waals surface area contributed by atoms with E-state index in [1.807, 2.05) is 13.1 Å². The number of carbonyl (C=O) groups excluding carboxylic acids is 1. The van der Waals surface area contributed by atoms with Gasteiger partial charge >= 0.3 is 0 Å². The molecule has 1 aromatic heterocycles. The van der Waals surface area contributed by atoms with Crippen molar-refractivity contribution in [1.29, 1.82) is 0 Å². The van der Waals surface area contributed by atoms with Crippen molar-refractivity contribution in [3.63, 3.8) is 0 Å². The number of halogens is 1. The largest absolute Gasteiger partial charge is 0.373 e. The molecular weight excluding hydrogens is 281 g/mol. The van der Waals surface area contributed by atoms with E-state index < -0.39 is 11.7 Å². The number of benzene rings is 1. The standard InChI is InChI=1S/C17H20FN3O/c1-3-4-11-21(2)13-9-10-16(19-12-13)20-17(22)14-7-5-6-8-15(14)18/h5-10,12H,3-4,11H2,1-2H3,(H,19,20,22). The zero-order valence-electron chi connectivity index (χ0n) is 12.8. The van der Waals surface area contributed by atoms with Crippen LogP contribution in [0.1, 0.15) is 30.1 Å². The van der Waals surface area contributed by atoms with Gasteiger partial charge in [-0.3, -0.25) is 4.79 Å². The van der Waals surface area contributed by atoms with Crippen molar-refractivity contribution < 1.29 is 9.18 Å². The van der Waals surface area contributed by atoms with Crippen LogP contribution in [0.15, 0.2) is 42.6 Å². The van der Waals surface area contributed by atoms with E-state index in [0.717, 1.165) is 25.1 Å². The molecule has 116 valence electrons. The first-order valence-electron chi connectivity index (χ1n) is 7.35. The quantitative estimate of drug-likeness (QED) is 0.884. The van der Waals surface area contributed by atoms with Gasteiger partial charge in [0.05, 0.1) is 17.4 Å². The van der Waals surface area contributed by atoms with Gasteiger partial charge in [0.1, 0.15) is 11.6 Å². The summed E-state index contributed by atoms with van der Waals surface area (Å²) in [6.07, 6.45) is 3.95. The summed E-state index contributed by atoms with van der Waals surface area (Å²) in [4.78, 5) is 18.3. The molecule has 0 saturated heterocycles. The first-order chi connectivity index (χ1) is 10.6. The van der Waals surface area contributed by atoms with Crippen LogP contribution in [0, 0.1) is 5.82 Å². The van der Waals surface area contributed by atoms with Crippen molar-refractivity contribution in [2.45, 2.75) is 19.8 Å². The van der Waals surface area contributed by atoms with E-state index in [4.69, 9.17) is 0 Å². The second-order valence-electron chi connectivity index (χ2n) is 5.11. The Morgan fingerprint density at radius 1 is 1.27 bits per heavy atom. The van der Waals surface area contributed by atoms with E-state index in [1.165, 1.54) is 12.1 Å². The molecule has 22 heavy (non-hydrogen) atoms. The van der Waals surface area contributed by atoms with Gasteiger partial charge in [-0.25, -0.2) is 9.37 Å². The van der Waals surface area contributed by atoms with Gasteiger partial charge in [-0.2, -0.15) is 0 Å². The molecule has 0 fully saturated rings. The van der Waals surface area contributed by atoms with Crippen molar-refractivity contribution in [2.24, 2.45) is 0 Å². The van der Waals surface area contributed by atoms with Gasteiger partial charge in [-0.1, -0.05) is 25.5 Å². The van der Waals surface area contributed by atoms with Gasteiger partial charge in [0.2, 0.25) is 0 Å². The molecule has 0 radical (unpaired) electrons. The summed E-state index contributed by atoms with van der Waals surface area (Å²) in [6, 6.07) is 9.48. The van der Waals surface area contributed by atoms with E-state index in [2.05, 4.69) is 22.1 Å². The average molecular weight is 301 g/mol. The normalized spacial score (nSPS) is 10.3. The maximum Gasteiger partial charge on any atom is 0.259 e. The molecule has 0 aliphatic heterocycles. The summed E-state index contributed by atoms with van der Waals surface area (Å²) in [7, 11) is 2.00. The van der Waals surface area contributed by atoms with Crippen LogP contribution in [-0.4, -0.2) is 24.5 Å². The van der Waals surface area contributed by atoms with Crippen LogP contribution in [0.5, 0.6) is 0 Å². The third-order valence-corrected chi connectivity index (χ3v) is 3.40. The second kappa shape index (κ2) is 7.54. The third-order valence-electron chi connectivity index (χ3n) is 3.40. The minimum absolute atomic E-state index is 0.00782. The Morgan fingerprint density at radius 2 is 2.05 bits per heavy atom. The van der Waals surface area contributed by atoms with Crippen LogP contribution in [0.4, 0.5) is 15.9 Å². The van der Waals surface area contributed by atoms with E-state index in [0.29, 0.717) is 5.82 Å². The lowest BCUT2D eigenvalue weighted by Crippen LogP contribution is -2.19. The summed E-state index contributed by atoms with van der Waals surface area (Å²) < 4.78 is 13.5. The summed E-state index contributed by atoms with van der Waals surface area (Å²) in [5.74, 6) is -0.644. The van der Waals surface area contributed by atoms with E-state index in [-0.39, 0.29) is 5.56 Å². The Bertz CT molecular complexity index is 628. The zero-order chi connectivity index (χ0) is 15.9. The van der Waals surface area contributed by atoms with Gasteiger partial charge < -0.3 is 10.2 Å². The number of amides is 1. The minimum atomic E-state index is -0.545. The molecule has 2 rings (SSSR count). The second-order valence-corrected chi connectivity index (χ2v) is 5.11. The van der Waals surface area contributed by atoms with E-state index >= 15 is 0 Å². The van der Waals surface area contributed by atoms with Gasteiger partial charge in [0.25, 0.3) is 5.91 Å². The number of rotatable bonds is 6. The number of anilines is 2. The smallest absolute Gasteiger partial charge is 0.259 e. The monoisotopic (exact) mass is 301 g/mol. The molecule has 0 aliphatic carbocycles. The molecular formula is C17H20FN3O. The molecule has 0 atom stereocenters. The van der Waals surface area contributed by atoms with E-state index in [1.54, 1.807) is 24.4 Å². The minimum Gasteiger partial charge on any atom is -0.373 e. The van der Waals surface area contributed by atoms with Gasteiger partial charge in [0, 0.05) is 13.6 Å². The van der Waals surface area contributed by atoms with Gasteiger partial charge in [-0.15, -0.1) is 0 Å². The molecule has 0 saturated carbocycles. The van der Waals surface area contributed by atoms with Crippen molar-refractivity contribution in [2.75, 3.05) is 23.8 Å². The SMILES string of the molecule is CCCCN(C)c1ccc(NC(=O)c2ccccc2F)nc1. The van der Waals surface area contributed by atoms with Gasteiger partial charge in [0.15, 0.2) is 0 Å². The maximum atomic E-state index is 13.5. The number of pyridine rings is 1. The predicted molar refractivity (Wildman–Crippen MR) is 86.8 cm³/mol. The van der Waals surface area contributed by atoms with Crippen LogP contribution in [0.2, 0.25) is 0 Å². The molecule has 0 spiro atoms. The Hall–Kier alpha value is -2.43. The van der Waals surface area contributed by atoms with Crippen molar-refractivity contribution in [3.05, 3.63) is 54.0 Å². The highest BCUT2D eigenvalue weighted by molar-refractivity contribution is 6.03. The average Bonchev–Trinajstić information content (AvgIpc) is 2.53. The van der Waals surface area contributed by atoms with Crippen LogP contribution in [-0.2, 0) is 0 Å². The molecule has 1 amide bonds. The number of carbonyl (C=O) groups is 1. The lowest BCUT2D eigenvalue weighted by Gasteiger charge is -2.18. The topological polar surface area (TPSA) is 45.2 Å². The number of hydrogen-bond acceptors (Lipinski definition) is 3. The molecule has 0 unspecified atom stereocenters. The highest BCUT2D eigenvalue weighted by Gasteiger charge is 2.11. The first-order valence-corrected chi connectivity index (χ1v) is 7.35. The molecule has 5 heteroatoms. The van der Waals surface area contributed by atoms with Crippen LogP contribution in [0.3, 0.4) is 0 Å². The van der Waals surface area contributed by atoms with Crippen molar-refractivity contribution in [3.8, 4) is 0 Å². The van der Waals surface area contributed by atoms with Crippen molar-refractivity contribution in [1.82, 2.24) is 4.98 Å². The number of unbranched alkanes of at least 4 members (excludes halogenated alkanes) is 1. The molecule has 0 aliphatic rings. The fraction of sp³-hybridized carbons (Fsp3) is 0.294. The van der Waals surface area contributed by atoms with E-state index in [9.17, 15) is 9.18 Å². The summed E-state index contributed by atoms with van der Waals surface area (Å²) in [6.45, 7) is 3.10. The fourth-order valence-corrected chi connectivity index (χ4v) is 2.04. The Balaban J connectivity index is 2.02. The van der Waals surface area contributed by atoms with Crippen molar-refractivity contribution >= 4 is 17.4 Å². The number of nitrogens with one attached hydrogen (secondary N) is 1. The Kier molecular flexibility index (Phi) is 5.47. The molecule has 1 heterocycles. The molecule has 4 nitrogen and oxygen atoms in total. The third kappa shape index (κ3) is 4.04. The van der Waals surface area contributed by atoms with Crippen LogP contribution < -0.4 is 10.2 Å². The molecule has 2 aromatic rings. The summed E-state index contributed by atoms with van der Waals surface area (Å²) >= 11 is 0. The van der Waals surface area contributed by atoms with Crippen LogP contribution >= 0.6 is 0 Å². The molecule has 1 aromatic carbocycles. The number of nitrogens with zero attached hydrogens (tertiary/aromatic N) is 2. The summed E-state index contributed by atoms with van der Waals surface area (Å²) in [5.41, 5.74) is 0.991. The number of hydrogen-bond donors (Lipinski definition) is 1. The van der Waals surface area contributed by atoms with Crippen LogP contribution in [0.25, 0.3) is 0 Å². The summed E-state index contributed by atoms with van der Waals surface area (Å²) in [5, 5.41) is 2.60. The predicted octanol–water partition coefficient (Wildman–Crippen LogP) is 3.71. The molecule has 1 N–H and O–H groups in total. The Labute approximate surface area is 130 Å². The maximum absolute atomic E-state index is 13.5. The number of aromatic nitrogens is 1. The fourth-order valence-electron chi connectivity index (χ4n) is 2.04. The zero-order valence-corrected chi connectivity index (χ0v) is 12.8. The Morgan fingerprint density at radius 3 is 2.68 bits per heavy atom. The lowest BCUT2D eigenvalue weighted by molar-refractivity contribution is 0.102.